The highest BCUT2D eigenvalue weighted by atomic mass is 32.2. The number of hydrogen-bond acceptors (Lipinski definition) is 6. The summed E-state index contributed by atoms with van der Waals surface area (Å²) in [4.78, 5) is 21.4. The fraction of sp³-hybridized carbons (Fsp3) is 0.400. The number of rotatable bonds is 6. The molecule has 0 radical (unpaired) electrons. The van der Waals surface area contributed by atoms with Crippen molar-refractivity contribution in [3.63, 3.8) is 0 Å². The molecule has 0 bridgehead atoms. The van der Waals surface area contributed by atoms with Gasteiger partial charge in [0.25, 0.3) is 5.91 Å². The van der Waals surface area contributed by atoms with Crippen LogP contribution in [-0.2, 0) is 16.4 Å². The molecule has 154 valence electrons. The smallest absolute Gasteiger partial charge is 0.263 e. The van der Waals surface area contributed by atoms with Gasteiger partial charge in [-0.3, -0.25) is 4.79 Å². The van der Waals surface area contributed by atoms with Gasteiger partial charge in [0, 0.05) is 30.4 Å². The minimum Gasteiger partial charge on any atom is -0.337 e. The number of nitrogens with one attached hydrogen (secondary N) is 1. The number of carbonyl (C=O) groups excluding carboxylic acids is 1. The van der Waals surface area contributed by atoms with Crippen LogP contribution < -0.4 is 4.72 Å². The molecule has 29 heavy (non-hydrogen) atoms. The van der Waals surface area contributed by atoms with E-state index in [4.69, 9.17) is 4.98 Å². The van der Waals surface area contributed by atoms with Crippen LogP contribution in [0.4, 0.5) is 0 Å². The van der Waals surface area contributed by atoms with Crippen molar-refractivity contribution in [1.82, 2.24) is 14.6 Å². The van der Waals surface area contributed by atoms with Crippen LogP contribution in [0.25, 0.3) is 10.2 Å². The van der Waals surface area contributed by atoms with Gasteiger partial charge < -0.3 is 4.90 Å². The average molecular weight is 450 g/mol. The highest BCUT2D eigenvalue weighted by Gasteiger charge is 2.28. The van der Waals surface area contributed by atoms with E-state index in [0.717, 1.165) is 41.0 Å². The van der Waals surface area contributed by atoms with E-state index in [1.165, 1.54) is 16.0 Å². The van der Waals surface area contributed by atoms with Gasteiger partial charge in [-0.2, -0.15) is 0 Å². The molecule has 1 aliphatic rings. The summed E-state index contributed by atoms with van der Waals surface area (Å²) in [5.74, 6) is 0.339. The van der Waals surface area contributed by atoms with Crippen molar-refractivity contribution in [3.05, 3.63) is 51.2 Å². The van der Waals surface area contributed by atoms with Gasteiger partial charge in [-0.25, -0.2) is 18.1 Å². The predicted molar refractivity (Wildman–Crippen MR) is 118 cm³/mol. The van der Waals surface area contributed by atoms with Crippen molar-refractivity contribution in [2.24, 2.45) is 0 Å². The van der Waals surface area contributed by atoms with Crippen molar-refractivity contribution < 1.29 is 13.2 Å². The molecule has 1 N–H and O–H groups in total. The molecule has 1 amide bonds. The number of hydrogen-bond donors (Lipinski definition) is 1. The zero-order valence-corrected chi connectivity index (χ0v) is 18.6. The van der Waals surface area contributed by atoms with Gasteiger partial charge in [-0.1, -0.05) is 12.1 Å². The third kappa shape index (κ3) is 5.03. The SMILES string of the molecule is CS(=O)(=O)NCCc1ccc(C(=O)N2CCCC(c3nc4ccccc4s3)C2)s1. The molecule has 0 spiro atoms. The number of thiazole rings is 1. The number of amides is 1. The number of fused-ring (bicyclic) bond motifs is 1. The van der Waals surface area contributed by atoms with Crippen LogP contribution in [0.3, 0.4) is 0 Å². The van der Waals surface area contributed by atoms with E-state index in [9.17, 15) is 13.2 Å². The predicted octanol–water partition coefficient (Wildman–Crippen LogP) is 3.47. The molecule has 2 aromatic heterocycles. The Bertz CT molecular complexity index is 1090. The van der Waals surface area contributed by atoms with Crippen LogP contribution in [0.5, 0.6) is 0 Å². The van der Waals surface area contributed by atoms with Gasteiger partial charge in [-0.15, -0.1) is 22.7 Å². The lowest BCUT2D eigenvalue weighted by Crippen LogP contribution is -2.38. The molecule has 6 nitrogen and oxygen atoms in total. The molecule has 3 aromatic rings. The van der Waals surface area contributed by atoms with E-state index in [-0.39, 0.29) is 11.8 Å². The Kier molecular flexibility index (Phi) is 6.00. The van der Waals surface area contributed by atoms with Crippen LogP contribution in [-0.4, -0.2) is 50.1 Å². The van der Waals surface area contributed by atoms with Crippen molar-refractivity contribution in [2.75, 3.05) is 25.9 Å². The maximum atomic E-state index is 13.0. The number of sulfonamides is 1. The number of aromatic nitrogens is 1. The second kappa shape index (κ2) is 8.51. The van der Waals surface area contributed by atoms with Crippen LogP contribution in [0.2, 0.25) is 0 Å². The summed E-state index contributed by atoms with van der Waals surface area (Å²) in [5.41, 5.74) is 1.03. The van der Waals surface area contributed by atoms with Gasteiger partial charge in [0.05, 0.1) is 26.4 Å². The summed E-state index contributed by atoms with van der Waals surface area (Å²) in [6.07, 6.45) is 3.76. The highest BCUT2D eigenvalue weighted by molar-refractivity contribution is 7.88. The molecule has 1 saturated heterocycles. The summed E-state index contributed by atoms with van der Waals surface area (Å²) in [6.45, 7) is 1.81. The zero-order chi connectivity index (χ0) is 20.4. The molecule has 0 aliphatic carbocycles. The summed E-state index contributed by atoms with van der Waals surface area (Å²) < 4.78 is 26.0. The molecule has 0 saturated carbocycles. The average Bonchev–Trinajstić information content (AvgIpc) is 3.33. The molecule has 1 aromatic carbocycles. The Morgan fingerprint density at radius 1 is 1.24 bits per heavy atom. The number of likely N-dealkylation sites (tertiary alicyclic amines) is 1. The van der Waals surface area contributed by atoms with E-state index >= 15 is 0 Å². The minimum atomic E-state index is -3.19. The van der Waals surface area contributed by atoms with E-state index < -0.39 is 10.0 Å². The molecule has 3 heterocycles. The number of benzene rings is 1. The van der Waals surface area contributed by atoms with Gasteiger partial charge in [0.15, 0.2) is 0 Å². The Morgan fingerprint density at radius 3 is 2.86 bits per heavy atom. The molecule has 1 atom stereocenters. The maximum absolute atomic E-state index is 13.0. The Balaban J connectivity index is 1.41. The third-order valence-corrected chi connectivity index (χ3v) is 8.04. The standard InChI is InChI=1S/C20H23N3O3S3/c1-29(25,26)21-11-10-15-8-9-18(27-15)20(24)23-12-4-5-14(13-23)19-22-16-6-2-3-7-17(16)28-19/h2-3,6-9,14,21H,4-5,10-13H2,1H3. The summed E-state index contributed by atoms with van der Waals surface area (Å²) in [6, 6.07) is 11.9. The number of piperidine rings is 1. The molecular formula is C20H23N3O3S3. The Labute approximate surface area is 178 Å². The maximum Gasteiger partial charge on any atom is 0.263 e. The largest absolute Gasteiger partial charge is 0.337 e. The number of carbonyl (C=O) groups is 1. The number of nitrogens with zero attached hydrogens (tertiary/aromatic N) is 2. The van der Waals surface area contributed by atoms with Crippen molar-refractivity contribution in [1.29, 1.82) is 0 Å². The van der Waals surface area contributed by atoms with Gasteiger partial charge in [0.1, 0.15) is 0 Å². The highest BCUT2D eigenvalue weighted by Crippen LogP contribution is 2.33. The van der Waals surface area contributed by atoms with Crippen molar-refractivity contribution in [3.8, 4) is 0 Å². The second-order valence-electron chi connectivity index (χ2n) is 7.29. The first-order valence-electron chi connectivity index (χ1n) is 9.57. The lowest BCUT2D eigenvalue weighted by Gasteiger charge is -2.31. The van der Waals surface area contributed by atoms with Gasteiger partial charge in [0.2, 0.25) is 10.0 Å². The van der Waals surface area contributed by atoms with E-state index in [0.29, 0.717) is 24.4 Å². The van der Waals surface area contributed by atoms with Gasteiger partial charge >= 0.3 is 0 Å². The summed E-state index contributed by atoms with van der Waals surface area (Å²) >= 11 is 3.17. The van der Waals surface area contributed by atoms with Crippen LogP contribution in [0.15, 0.2) is 36.4 Å². The molecular weight excluding hydrogens is 426 g/mol. The molecule has 1 fully saturated rings. The molecule has 9 heteroatoms. The van der Waals surface area contributed by atoms with Crippen LogP contribution in [0.1, 0.15) is 38.3 Å². The quantitative estimate of drug-likeness (QED) is 0.625. The first-order valence-corrected chi connectivity index (χ1v) is 13.1. The molecule has 4 rings (SSSR count). The first-order chi connectivity index (χ1) is 13.9. The molecule has 1 aliphatic heterocycles. The third-order valence-electron chi connectivity index (χ3n) is 4.98. The number of thiophene rings is 1. The normalized spacial score (nSPS) is 17.7. The van der Waals surface area contributed by atoms with E-state index in [2.05, 4.69) is 10.8 Å². The Hall–Kier alpha value is -1.81. The van der Waals surface area contributed by atoms with E-state index in [1.807, 2.05) is 35.2 Å². The molecule has 1 unspecified atom stereocenters. The minimum absolute atomic E-state index is 0.0585. The van der Waals surface area contributed by atoms with E-state index in [1.54, 1.807) is 11.3 Å². The Morgan fingerprint density at radius 2 is 2.07 bits per heavy atom. The fourth-order valence-electron chi connectivity index (χ4n) is 3.57. The van der Waals surface area contributed by atoms with Crippen LogP contribution in [0, 0.1) is 0 Å². The lowest BCUT2D eigenvalue weighted by atomic mass is 9.98. The second-order valence-corrected chi connectivity index (χ2v) is 11.4. The zero-order valence-electron chi connectivity index (χ0n) is 16.1. The van der Waals surface area contributed by atoms with Gasteiger partial charge in [-0.05, 0) is 43.5 Å². The first kappa shape index (κ1) is 20.5. The monoisotopic (exact) mass is 449 g/mol. The van der Waals surface area contributed by atoms with Crippen LogP contribution >= 0.6 is 22.7 Å². The van der Waals surface area contributed by atoms with Crippen molar-refractivity contribution >= 4 is 48.8 Å². The summed E-state index contributed by atoms with van der Waals surface area (Å²) in [5, 5.41) is 1.11. The topological polar surface area (TPSA) is 79.4 Å². The number of para-hydroxylation sites is 1. The summed E-state index contributed by atoms with van der Waals surface area (Å²) in [7, 11) is -3.19. The fourth-order valence-corrected chi connectivity index (χ4v) is 6.11. The van der Waals surface area contributed by atoms with Crippen molar-refractivity contribution in [2.45, 2.75) is 25.2 Å². The lowest BCUT2D eigenvalue weighted by molar-refractivity contribution is 0.0712.